The molecule has 1 saturated heterocycles. The summed E-state index contributed by atoms with van der Waals surface area (Å²) in [5.41, 5.74) is 0. The second kappa shape index (κ2) is 9.87. The molecule has 7 heteroatoms. The Kier molecular flexibility index (Phi) is 7.84. The van der Waals surface area contributed by atoms with Crippen LogP contribution in [-0.2, 0) is 14.3 Å². The molecular weight excluding hydrogens is 386 g/mol. The van der Waals surface area contributed by atoms with Crippen molar-refractivity contribution < 1.29 is 14.3 Å². The van der Waals surface area contributed by atoms with Crippen molar-refractivity contribution in [3.05, 3.63) is 22.8 Å². The van der Waals surface area contributed by atoms with Crippen LogP contribution in [0.2, 0.25) is 0 Å². The normalized spacial score (nSPS) is 16.5. The lowest BCUT2D eigenvalue weighted by Gasteiger charge is -2.32. The number of piperidine rings is 1. The van der Waals surface area contributed by atoms with Gasteiger partial charge in [-0.05, 0) is 54.2 Å². The van der Waals surface area contributed by atoms with Gasteiger partial charge in [0.15, 0.2) is 0 Å². The molecule has 0 saturated carbocycles. The van der Waals surface area contributed by atoms with E-state index in [1.54, 1.807) is 24.1 Å². The van der Waals surface area contributed by atoms with Gasteiger partial charge in [0, 0.05) is 36.3 Å². The van der Waals surface area contributed by atoms with Crippen molar-refractivity contribution in [2.45, 2.75) is 45.6 Å². The van der Waals surface area contributed by atoms with E-state index in [9.17, 15) is 9.59 Å². The Morgan fingerprint density at radius 3 is 2.72 bits per heavy atom. The topological polar surface area (TPSA) is 71.5 Å². The molecule has 1 aromatic heterocycles. The zero-order chi connectivity index (χ0) is 18.2. The number of anilines is 1. The first kappa shape index (κ1) is 19.8. The summed E-state index contributed by atoms with van der Waals surface area (Å²) in [5, 5.41) is 2.84. The molecule has 0 bridgehead atoms. The molecule has 1 aliphatic heterocycles. The van der Waals surface area contributed by atoms with Crippen LogP contribution in [0.15, 0.2) is 22.8 Å². The highest BCUT2D eigenvalue weighted by molar-refractivity contribution is 9.10. The van der Waals surface area contributed by atoms with Gasteiger partial charge >= 0.3 is 0 Å². The standard InChI is InChI=1S/C18H26BrN3O3/c1-3-4-11-25-13(2)18(24)22-9-7-14(8-10-22)17(23)21-16-6-5-15(19)12-20-16/h5-6,12-14H,3-4,7-11H2,1-2H3,(H,20,21,23). The van der Waals surface area contributed by atoms with Crippen LogP contribution in [0.25, 0.3) is 0 Å². The molecule has 6 nitrogen and oxygen atoms in total. The van der Waals surface area contributed by atoms with Crippen LogP contribution in [0.3, 0.4) is 0 Å². The molecule has 2 heterocycles. The van der Waals surface area contributed by atoms with Crippen LogP contribution in [0.4, 0.5) is 5.82 Å². The van der Waals surface area contributed by atoms with Gasteiger partial charge in [-0.2, -0.15) is 0 Å². The van der Waals surface area contributed by atoms with Crippen LogP contribution < -0.4 is 5.32 Å². The van der Waals surface area contributed by atoms with Crippen molar-refractivity contribution in [3.63, 3.8) is 0 Å². The van der Waals surface area contributed by atoms with Gasteiger partial charge in [-0.1, -0.05) is 13.3 Å². The number of carbonyl (C=O) groups is 2. The molecule has 25 heavy (non-hydrogen) atoms. The molecule has 1 N–H and O–H groups in total. The Hall–Kier alpha value is -1.47. The number of likely N-dealkylation sites (tertiary alicyclic amines) is 1. The Labute approximate surface area is 157 Å². The van der Waals surface area contributed by atoms with Gasteiger partial charge < -0.3 is 15.0 Å². The second-order valence-corrected chi connectivity index (χ2v) is 7.23. The van der Waals surface area contributed by atoms with Crippen LogP contribution in [0.1, 0.15) is 39.5 Å². The lowest BCUT2D eigenvalue weighted by molar-refractivity contribution is -0.145. The number of amides is 2. The molecule has 0 radical (unpaired) electrons. The third kappa shape index (κ3) is 6.08. The van der Waals surface area contributed by atoms with E-state index in [-0.39, 0.29) is 17.7 Å². The number of pyridine rings is 1. The highest BCUT2D eigenvalue weighted by Gasteiger charge is 2.29. The van der Waals surface area contributed by atoms with Gasteiger partial charge in [0.1, 0.15) is 11.9 Å². The lowest BCUT2D eigenvalue weighted by Crippen LogP contribution is -2.45. The van der Waals surface area contributed by atoms with Crippen molar-refractivity contribution in [1.82, 2.24) is 9.88 Å². The Bertz CT molecular complexity index is 571. The highest BCUT2D eigenvalue weighted by Crippen LogP contribution is 2.20. The smallest absolute Gasteiger partial charge is 0.251 e. The first-order valence-corrected chi connectivity index (χ1v) is 9.63. The van der Waals surface area contributed by atoms with Crippen LogP contribution >= 0.6 is 15.9 Å². The fourth-order valence-corrected chi connectivity index (χ4v) is 3.01. The Morgan fingerprint density at radius 1 is 1.40 bits per heavy atom. The fourth-order valence-electron chi connectivity index (χ4n) is 2.77. The van der Waals surface area contributed by atoms with Crippen LogP contribution in [-0.4, -0.2) is 47.5 Å². The molecule has 1 aliphatic rings. The number of nitrogens with zero attached hydrogens (tertiary/aromatic N) is 2. The van der Waals surface area contributed by atoms with Crippen LogP contribution in [0.5, 0.6) is 0 Å². The van der Waals surface area contributed by atoms with Gasteiger partial charge in [-0.25, -0.2) is 4.98 Å². The Morgan fingerprint density at radius 2 is 2.12 bits per heavy atom. The molecule has 1 unspecified atom stereocenters. The number of ether oxygens (including phenoxy) is 1. The van der Waals surface area contributed by atoms with Crippen molar-refractivity contribution >= 4 is 33.6 Å². The highest BCUT2D eigenvalue weighted by atomic mass is 79.9. The third-order valence-corrected chi connectivity index (χ3v) is 4.84. The summed E-state index contributed by atoms with van der Waals surface area (Å²) in [5.74, 6) is 0.439. The summed E-state index contributed by atoms with van der Waals surface area (Å²) >= 11 is 3.32. The zero-order valence-electron chi connectivity index (χ0n) is 14.8. The number of aromatic nitrogens is 1. The maximum atomic E-state index is 12.4. The molecular formula is C18H26BrN3O3. The minimum Gasteiger partial charge on any atom is -0.369 e. The van der Waals surface area contributed by atoms with Crippen molar-refractivity contribution in [2.24, 2.45) is 5.92 Å². The maximum Gasteiger partial charge on any atom is 0.251 e. The number of halogens is 1. The van der Waals surface area contributed by atoms with Gasteiger partial charge in [-0.3, -0.25) is 9.59 Å². The molecule has 2 rings (SSSR count). The van der Waals surface area contributed by atoms with E-state index in [0.29, 0.717) is 38.4 Å². The van der Waals surface area contributed by atoms with E-state index in [1.165, 1.54) is 0 Å². The summed E-state index contributed by atoms with van der Waals surface area (Å²) < 4.78 is 6.45. The minimum atomic E-state index is -0.413. The van der Waals surface area contributed by atoms with E-state index in [4.69, 9.17) is 4.74 Å². The Balaban J connectivity index is 1.77. The van der Waals surface area contributed by atoms with Crippen molar-refractivity contribution in [1.29, 1.82) is 0 Å². The van der Waals surface area contributed by atoms with E-state index in [2.05, 4.69) is 33.2 Å². The average molecular weight is 412 g/mol. The molecule has 0 aromatic carbocycles. The van der Waals surface area contributed by atoms with Gasteiger partial charge in [-0.15, -0.1) is 0 Å². The second-order valence-electron chi connectivity index (χ2n) is 6.32. The lowest BCUT2D eigenvalue weighted by atomic mass is 9.95. The van der Waals surface area contributed by atoms with Crippen molar-refractivity contribution in [2.75, 3.05) is 25.0 Å². The first-order valence-electron chi connectivity index (χ1n) is 8.84. The summed E-state index contributed by atoms with van der Waals surface area (Å²) in [7, 11) is 0. The number of hydrogen-bond donors (Lipinski definition) is 1. The summed E-state index contributed by atoms with van der Waals surface area (Å²) in [6.45, 7) is 5.69. The van der Waals surface area contributed by atoms with Gasteiger partial charge in [0.25, 0.3) is 5.91 Å². The van der Waals surface area contributed by atoms with E-state index < -0.39 is 6.10 Å². The van der Waals surface area contributed by atoms with Gasteiger partial charge in [0.05, 0.1) is 0 Å². The first-order chi connectivity index (χ1) is 12.0. The maximum absolute atomic E-state index is 12.4. The van der Waals surface area contributed by atoms with E-state index in [1.807, 2.05) is 6.07 Å². The third-order valence-electron chi connectivity index (χ3n) is 4.37. The summed E-state index contributed by atoms with van der Waals surface area (Å²) in [6, 6.07) is 3.60. The average Bonchev–Trinajstić information content (AvgIpc) is 2.63. The predicted molar refractivity (Wildman–Crippen MR) is 100 cm³/mol. The molecule has 1 aromatic rings. The molecule has 1 fully saturated rings. The monoisotopic (exact) mass is 411 g/mol. The molecule has 1 atom stereocenters. The number of nitrogens with one attached hydrogen (secondary N) is 1. The minimum absolute atomic E-state index is 0.0181. The fraction of sp³-hybridized carbons (Fsp3) is 0.611. The predicted octanol–water partition coefficient (Wildman–Crippen LogP) is 3.23. The van der Waals surface area contributed by atoms with Crippen molar-refractivity contribution in [3.8, 4) is 0 Å². The van der Waals surface area contributed by atoms with Gasteiger partial charge in [0.2, 0.25) is 5.91 Å². The summed E-state index contributed by atoms with van der Waals surface area (Å²) in [4.78, 5) is 30.7. The van der Waals surface area contributed by atoms with E-state index >= 15 is 0 Å². The largest absolute Gasteiger partial charge is 0.369 e. The quantitative estimate of drug-likeness (QED) is 0.699. The number of carbonyl (C=O) groups excluding carboxylic acids is 2. The van der Waals surface area contributed by atoms with E-state index in [0.717, 1.165) is 17.3 Å². The SMILES string of the molecule is CCCCOC(C)C(=O)N1CCC(C(=O)Nc2ccc(Br)cn2)CC1. The zero-order valence-corrected chi connectivity index (χ0v) is 16.4. The molecule has 0 spiro atoms. The number of hydrogen-bond acceptors (Lipinski definition) is 4. The molecule has 2 amide bonds. The summed E-state index contributed by atoms with van der Waals surface area (Å²) in [6.07, 6.45) is 4.57. The number of unbranched alkanes of at least 4 members (excludes halogenated alkanes) is 1. The molecule has 138 valence electrons. The van der Waals surface area contributed by atoms with Crippen LogP contribution in [0, 0.1) is 5.92 Å². The number of rotatable bonds is 7. The molecule has 0 aliphatic carbocycles.